The lowest BCUT2D eigenvalue weighted by Gasteiger charge is -2.25. The smallest absolute Gasteiger partial charge is 0.224 e. The maximum atomic E-state index is 13.0. The molecule has 0 saturated carbocycles. The molecule has 28 heavy (non-hydrogen) atoms. The third-order valence-corrected chi connectivity index (χ3v) is 6.37. The van der Waals surface area contributed by atoms with Crippen LogP contribution in [-0.4, -0.2) is 25.5 Å². The van der Waals surface area contributed by atoms with Crippen LogP contribution >= 0.6 is 11.3 Å². The summed E-state index contributed by atoms with van der Waals surface area (Å²) >= 11 is 1.69. The summed E-state index contributed by atoms with van der Waals surface area (Å²) in [5, 5.41) is 12.4. The second-order valence-electron chi connectivity index (χ2n) is 6.94. The number of amides is 1. The van der Waals surface area contributed by atoms with Crippen LogP contribution in [0, 0.1) is 5.92 Å². The van der Waals surface area contributed by atoms with E-state index in [2.05, 4.69) is 33.7 Å². The van der Waals surface area contributed by atoms with Crippen molar-refractivity contribution in [3.63, 3.8) is 0 Å². The molecule has 6 nitrogen and oxygen atoms in total. The van der Waals surface area contributed by atoms with Gasteiger partial charge in [-0.3, -0.25) is 9.20 Å². The van der Waals surface area contributed by atoms with Crippen molar-refractivity contribution < 1.29 is 4.79 Å². The SMILES string of the molecule is O=C(NCc1nnc2ccccn12)[C@H]1CC=CC[C@H]1c1nc2ccccc2s1. The summed E-state index contributed by atoms with van der Waals surface area (Å²) in [6.45, 7) is 0.358. The molecular weight excluding hydrogens is 370 g/mol. The molecule has 4 aromatic rings. The minimum atomic E-state index is -0.121. The number of rotatable bonds is 4. The van der Waals surface area contributed by atoms with Crippen LogP contribution in [0.5, 0.6) is 0 Å². The van der Waals surface area contributed by atoms with E-state index in [1.807, 2.05) is 47.0 Å². The fourth-order valence-electron chi connectivity index (χ4n) is 3.73. The van der Waals surface area contributed by atoms with Crippen LogP contribution in [0.3, 0.4) is 0 Å². The molecule has 1 aromatic carbocycles. The number of pyridine rings is 1. The van der Waals surface area contributed by atoms with Crippen molar-refractivity contribution in [1.82, 2.24) is 24.9 Å². The molecule has 0 bridgehead atoms. The molecule has 1 aliphatic carbocycles. The van der Waals surface area contributed by atoms with Gasteiger partial charge in [0.2, 0.25) is 5.91 Å². The molecule has 1 aliphatic rings. The van der Waals surface area contributed by atoms with E-state index in [1.54, 1.807) is 11.3 Å². The number of thiazole rings is 1. The zero-order valence-electron chi connectivity index (χ0n) is 15.2. The van der Waals surface area contributed by atoms with Gasteiger partial charge >= 0.3 is 0 Å². The lowest BCUT2D eigenvalue weighted by Crippen LogP contribution is -2.35. The van der Waals surface area contributed by atoms with Crippen LogP contribution < -0.4 is 5.32 Å². The Morgan fingerprint density at radius 1 is 1.11 bits per heavy atom. The Morgan fingerprint density at radius 2 is 1.96 bits per heavy atom. The van der Waals surface area contributed by atoms with Crippen LogP contribution in [0.4, 0.5) is 0 Å². The highest BCUT2D eigenvalue weighted by Crippen LogP contribution is 2.38. The highest BCUT2D eigenvalue weighted by molar-refractivity contribution is 7.18. The molecule has 0 radical (unpaired) electrons. The first-order valence-electron chi connectivity index (χ1n) is 9.36. The van der Waals surface area contributed by atoms with Crippen molar-refractivity contribution in [2.75, 3.05) is 0 Å². The first kappa shape index (κ1) is 17.1. The average molecular weight is 389 g/mol. The van der Waals surface area contributed by atoms with Gasteiger partial charge in [0.15, 0.2) is 11.5 Å². The number of hydrogen-bond donors (Lipinski definition) is 1. The normalized spacial score (nSPS) is 19.3. The second kappa shape index (κ2) is 7.16. The summed E-state index contributed by atoms with van der Waals surface area (Å²) in [6, 6.07) is 13.9. The molecular formula is C21H19N5OS. The monoisotopic (exact) mass is 389 g/mol. The number of hydrogen-bond acceptors (Lipinski definition) is 5. The van der Waals surface area contributed by atoms with Crippen molar-refractivity contribution >= 4 is 33.1 Å². The highest BCUT2D eigenvalue weighted by atomic mass is 32.1. The summed E-state index contributed by atoms with van der Waals surface area (Å²) in [5.41, 5.74) is 1.78. The Balaban J connectivity index is 1.35. The number of aromatic nitrogens is 4. The molecule has 2 atom stereocenters. The molecule has 3 heterocycles. The zero-order chi connectivity index (χ0) is 18.9. The standard InChI is InChI=1S/C21H19N5OS/c27-20(22-13-19-25-24-18-11-5-6-12-26(18)19)14-7-1-2-8-15(14)21-23-16-9-3-4-10-17(16)28-21/h1-6,9-12,14-15H,7-8,13H2,(H,22,27)/t14-,15+/m0/s1. The summed E-state index contributed by atoms with van der Waals surface area (Å²) in [6.07, 6.45) is 7.73. The van der Waals surface area contributed by atoms with Crippen molar-refractivity contribution in [3.8, 4) is 0 Å². The van der Waals surface area contributed by atoms with Gasteiger partial charge in [-0.25, -0.2) is 4.98 Å². The molecule has 1 amide bonds. The molecule has 140 valence electrons. The van der Waals surface area contributed by atoms with Gasteiger partial charge in [-0.1, -0.05) is 30.4 Å². The van der Waals surface area contributed by atoms with Gasteiger partial charge in [0.05, 0.1) is 27.7 Å². The molecule has 7 heteroatoms. The molecule has 3 aromatic heterocycles. The van der Waals surface area contributed by atoms with Gasteiger partial charge in [-0.2, -0.15) is 0 Å². The Labute approximate surface area is 165 Å². The highest BCUT2D eigenvalue weighted by Gasteiger charge is 2.32. The van der Waals surface area contributed by atoms with Crippen molar-refractivity contribution in [2.24, 2.45) is 5.92 Å². The van der Waals surface area contributed by atoms with Crippen molar-refractivity contribution in [1.29, 1.82) is 0 Å². The van der Waals surface area contributed by atoms with Gasteiger partial charge < -0.3 is 5.32 Å². The van der Waals surface area contributed by atoms with Crippen LogP contribution in [0.2, 0.25) is 0 Å². The lowest BCUT2D eigenvalue weighted by molar-refractivity contribution is -0.126. The number of allylic oxidation sites excluding steroid dienone is 2. The largest absolute Gasteiger partial charge is 0.349 e. The molecule has 0 spiro atoms. The zero-order valence-corrected chi connectivity index (χ0v) is 16.0. The Bertz CT molecular complexity index is 1140. The van der Waals surface area contributed by atoms with E-state index < -0.39 is 0 Å². The number of nitrogens with one attached hydrogen (secondary N) is 1. The molecule has 0 fully saturated rings. The van der Waals surface area contributed by atoms with E-state index in [1.165, 1.54) is 4.70 Å². The number of carbonyl (C=O) groups excluding carboxylic acids is 1. The van der Waals surface area contributed by atoms with Gasteiger partial charge in [-0.05, 0) is 37.1 Å². The number of carbonyl (C=O) groups is 1. The van der Waals surface area contributed by atoms with E-state index in [9.17, 15) is 4.79 Å². The van der Waals surface area contributed by atoms with Gasteiger partial charge in [0, 0.05) is 12.1 Å². The topological polar surface area (TPSA) is 72.2 Å². The van der Waals surface area contributed by atoms with Crippen molar-refractivity contribution in [3.05, 3.63) is 71.6 Å². The fraction of sp³-hybridized carbons (Fsp3) is 0.238. The minimum absolute atomic E-state index is 0.0429. The molecule has 0 saturated heterocycles. The number of para-hydroxylation sites is 1. The van der Waals surface area contributed by atoms with E-state index in [0.717, 1.165) is 34.8 Å². The Kier molecular flexibility index (Phi) is 4.37. The third kappa shape index (κ3) is 3.07. The minimum Gasteiger partial charge on any atom is -0.349 e. The van der Waals surface area contributed by atoms with E-state index in [4.69, 9.17) is 4.98 Å². The summed E-state index contributed by atoms with van der Waals surface area (Å²) in [7, 11) is 0. The summed E-state index contributed by atoms with van der Waals surface area (Å²) in [5.74, 6) is 0.760. The first-order valence-corrected chi connectivity index (χ1v) is 10.2. The van der Waals surface area contributed by atoms with Gasteiger partial charge in [-0.15, -0.1) is 21.5 Å². The molecule has 1 N–H and O–H groups in total. The van der Waals surface area contributed by atoms with Crippen LogP contribution in [-0.2, 0) is 11.3 Å². The molecule has 0 aliphatic heterocycles. The first-order chi connectivity index (χ1) is 13.8. The van der Waals surface area contributed by atoms with Crippen LogP contribution in [0.1, 0.15) is 29.6 Å². The predicted molar refractivity (Wildman–Crippen MR) is 109 cm³/mol. The number of benzene rings is 1. The quantitative estimate of drug-likeness (QED) is 0.540. The molecule has 5 rings (SSSR count). The third-order valence-electron chi connectivity index (χ3n) is 5.20. The maximum absolute atomic E-state index is 13.0. The predicted octanol–water partition coefficient (Wildman–Crippen LogP) is 3.71. The van der Waals surface area contributed by atoms with Gasteiger partial charge in [0.25, 0.3) is 0 Å². The maximum Gasteiger partial charge on any atom is 0.224 e. The number of fused-ring (bicyclic) bond motifs is 2. The van der Waals surface area contributed by atoms with E-state index in [0.29, 0.717) is 6.54 Å². The van der Waals surface area contributed by atoms with Gasteiger partial charge in [0.1, 0.15) is 0 Å². The second-order valence-corrected chi connectivity index (χ2v) is 8.00. The van der Waals surface area contributed by atoms with E-state index in [-0.39, 0.29) is 17.7 Å². The Hall–Kier alpha value is -3.06. The number of nitrogens with zero attached hydrogens (tertiary/aromatic N) is 4. The Morgan fingerprint density at radius 3 is 2.89 bits per heavy atom. The van der Waals surface area contributed by atoms with Crippen LogP contribution in [0.25, 0.3) is 15.9 Å². The molecule has 0 unspecified atom stereocenters. The van der Waals surface area contributed by atoms with E-state index >= 15 is 0 Å². The fourth-order valence-corrected chi connectivity index (χ4v) is 4.88. The average Bonchev–Trinajstić information content (AvgIpc) is 3.36. The van der Waals surface area contributed by atoms with Crippen LogP contribution in [0.15, 0.2) is 60.8 Å². The van der Waals surface area contributed by atoms with Crippen molar-refractivity contribution in [2.45, 2.75) is 25.3 Å². The summed E-state index contributed by atoms with van der Waals surface area (Å²) in [4.78, 5) is 17.8. The summed E-state index contributed by atoms with van der Waals surface area (Å²) < 4.78 is 3.06. The lowest BCUT2D eigenvalue weighted by atomic mass is 9.82.